The highest BCUT2D eigenvalue weighted by Gasteiger charge is 2.06. The van der Waals surface area contributed by atoms with Crippen molar-refractivity contribution in [2.24, 2.45) is 0 Å². The van der Waals surface area contributed by atoms with Gasteiger partial charge < -0.3 is 0 Å². The van der Waals surface area contributed by atoms with Crippen LogP contribution in [-0.2, 0) is 0 Å². The molecule has 4 aromatic rings. The van der Waals surface area contributed by atoms with Gasteiger partial charge in [-0.15, -0.1) is 0 Å². The Bertz CT molecular complexity index is 913. The normalized spacial score (nSPS) is 10.9. The fraction of sp³-hybridized carbons (Fsp3) is 0. The third kappa shape index (κ3) is 2.78. The zero-order valence-corrected chi connectivity index (χ0v) is 13.4. The van der Waals surface area contributed by atoms with E-state index < -0.39 is 0 Å². The predicted octanol–water partition coefficient (Wildman–Crippen LogP) is 6.11. The lowest BCUT2D eigenvalue weighted by Crippen LogP contribution is -1.75. The molecule has 3 aromatic carbocycles. The second-order valence-electron chi connectivity index (χ2n) is 5.01. The molecule has 22 heavy (non-hydrogen) atoms. The molecule has 1 nitrogen and oxygen atoms in total. The quantitative estimate of drug-likeness (QED) is 0.451. The number of fused-ring (bicyclic) bond motifs is 1. The lowest BCUT2D eigenvalue weighted by molar-refractivity contribution is 1.28. The lowest BCUT2D eigenvalue weighted by Gasteiger charge is -2.01. The molecule has 0 fully saturated rings. The third-order valence-corrected chi connectivity index (χ3v) is 5.35. The summed E-state index contributed by atoms with van der Waals surface area (Å²) in [7, 11) is 0. The number of aromatic nitrogens is 1. The molecule has 0 aliphatic rings. The van der Waals surface area contributed by atoms with Crippen LogP contribution in [0.1, 0.15) is 0 Å². The molecule has 0 bridgehead atoms. The lowest BCUT2D eigenvalue weighted by atomic mass is 10.1. The summed E-state index contributed by atoms with van der Waals surface area (Å²) < 4.78 is 4.57. The SMILES string of the molecule is c1ccc(-c2cc(Sc3ccc4ccccc4c3)ns2)cc1. The molecule has 106 valence electrons. The van der Waals surface area contributed by atoms with Gasteiger partial charge in [0.15, 0.2) is 0 Å². The molecule has 4 rings (SSSR count). The molecule has 3 heteroatoms. The van der Waals surface area contributed by atoms with E-state index in [9.17, 15) is 0 Å². The van der Waals surface area contributed by atoms with Crippen LogP contribution in [0.15, 0.2) is 88.8 Å². The summed E-state index contributed by atoms with van der Waals surface area (Å²) in [4.78, 5) is 2.44. The van der Waals surface area contributed by atoms with Gasteiger partial charge >= 0.3 is 0 Å². The van der Waals surface area contributed by atoms with Gasteiger partial charge in [0.2, 0.25) is 0 Å². The Labute approximate surface area is 137 Å². The number of hydrogen-bond acceptors (Lipinski definition) is 3. The Morgan fingerprint density at radius 1 is 0.727 bits per heavy atom. The summed E-state index contributed by atoms with van der Waals surface area (Å²) in [6.07, 6.45) is 0. The minimum absolute atomic E-state index is 1.05. The molecule has 0 aliphatic heterocycles. The van der Waals surface area contributed by atoms with E-state index in [-0.39, 0.29) is 0 Å². The molecule has 0 saturated carbocycles. The fourth-order valence-electron chi connectivity index (χ4n) is 2.40. The largest absolute Gasteiger partial charge is 0.185 e. The molecule has 0 spiro atoms. The molecule has 1 aromatic heterocycles. The number of nitrogens with zero attached hydrogens (tertiary/aromatic N) is 1. The Morgan fingerprint density at radius 3 is 2.36 bits per heavy atom. The average molecular weight is 319 g/mol. The zero-order valence-electron chi connectivity index (χ0n) is 11.8. The van der Waals surface area contributed by atoms with Crippen LogP contribution in [0.2, 0.25) is 0 Å². The van der Waals surface area contributed by atoms with Crippen molar-refractivity contribution in [2.75, 3.05) is 0 Å². The fourth-order valence-corrected chi connectivity index (χ4v) is 4.12. The van der Waals surface area contributed by atoms with Gasteiger partial charge in [0.05, 0.1) is 4.88 Å². The van der Waals surface area contributed by atoms with E-state index in [0.717, 1.165) is 5.03 Å². The highest BCUT2D eigenvalue weighted by atomic mass is 32.2. The Hall–Kier alpha value is -2.10. The smallest absolute Gasteiger partial charge is 0.115 e. The highest BCUT2D eigenvalue weighted by molar-refractivity contribution is 7.99. The van der Waals surface area contributed by atoms with Crippen LogP contribution in [0.25, 0.3) is 21.2 Å². The average Bonchev–Trinajstić information content (AvgIpc) is 3.04. The Morgan fingerprint density at radius 2 is 1.50 bits per heavy atom. The van der Waals surface area contributed by atoms with Gasteiger partial charge in [-0.2, -0.15) is 4.37 Å². The first-order chi connectivity index (χ1) is 10.9. The molecule has 0 atom stereocenters. The number of hydrogen-bond donors (Lipinski definition) is 0. The van der Waals surface area contributed by atoms with Gasteiger partial charge in [-0.3, -0.25) is 0 Å². The van der Waals surface area contributed by atoms with Crippen molar-refractivity contribution >= 4 is 34.1 Å². The molecular formula is C19H13NS2. The summed E-state index contributed by atoms with van der Waals surface area (Å²) in [5.41, 5.74) is 1.23. The molecule has 0 unspecified atom stereocenters. The van der Waals surface area contributed by atoms with E-state index in [1.54, 1.807) is 23.3 Å². The third-order valence-electron chi connectivity index (χ3n) is 3.49. The van der Waals surface area contributed by atoms with E-state index in [1.807, 2.05) is 6.07 Å². The second kappa shape index (κ2) is 5.95. The first-order valence-corrected chi connectivity index (χ1v) is 8.66. The number of rotatable bonds is 3. The highest BCUT2D eigenvalue weighted by Crippen LogP contribution is 2.34. The maximum Gasteiger partial charge on any atom is 0.115 e. The minimum Gasteiger partial charge on any atom is -0.185 e. The molecule has 0 radical (unpaired) electrons. The van der Waals surface area contributed by atoms with Crippen molar-refractivity contribution in [1.29, 1.82) is 0 Å². The molecule has 0 aliphatic carbocycles. The van der Waals surface area contributed by atoms with E-state index in [1.165, 1.54) is 26.1 Å². The molecule has 0 saturated heterocycles. The predicted molar refractivity (Wildman–Crippen MR) is 95.6 cm³/mol. The summed E-state index contributed by atoms with van der Waals surface area (Å²) in [5, 5.41) is 3.60. The van der Waals surface area contributed by atoms with Crippen LogP contribution in [0.4, 0.5) is 0 Å². The Kier molecular flexibility index (Phi) is 3.67. The van der Waals surface area contributed by atoms with Crippen LogP contribution in [0.5, 0.6) is 0 Å². The minimum atomic E-state index is 1.05. The van der Waals surface area contributed by atoms with Gasteiger partial charge in [0, 0.05) is 4.90 Å². The summed E-state index contributed by atoms with van der Waals surface area (Å²) in [6.45, 7) is 0. The number of benzene rings is 3. The molecule has 1 heterocycles. The Balaban J connectivity index is 1.61. The zero-order chi connectivity index (χ0) is 14.8. The van der Waals surface area contributed by atoms with Crippen molar-refractivity contribution in [2.45, 2.75) is 9.92 Å². The summed E-state index contributed by atoms with van der Waals surface area (Å²) in [6, 6.07) is 27.6. The standard InChI is InChI=1S/C19H13NS2/c1-2-7-15(8-3-1)18-13-19(20-22-18)21-17-11-10-14-6-4-5-9-16(14)12-17/h1-13H. The van der Waals surface area contributed by atoms with Crippen molar-refractivity contribution < 1.29 is 0 Å². The van der Waals surface area contributed by atoms with Gasteiger partial charge in [0.1, 0.15) is 5.03 Å². The van der Waals surface area contributed by atoms with E-state index in [0.29, 0.717) is 0 Å². The first-order valence-electron chi connectivity index (χ1n) is 7.07. The van der Waals surface area contributed by atoms with Gasteiger partial charge in [-0.25, -0.2) is 0 Å². The van der Waals surface area contributed by atoms with Gasteiger partial charge in [0.25, 0.3) is 0 Å². The summed E-state index contributed by atoms with van der Waals surface area (Å²) in [5.74, 6) is 0. The van der Waals surface area contributed by atoms with E-state index >= 15 is 0 Å². The maximum atomic E-state index is 4.57. The van der Waals surface area contributed by atoms with E-state index in [2.05, 4.69) is 77.2 Å². The summed E-state index contributed by atoms with van der Waals surface area (Å²) >= 11 is 3.27. The van der Waals surface area contributed by atoms with E-state index in [4.69, 9.17) is 0 Å². The van der Waals surface area contributed by atoms with Crippen molar-refractivity contribution in [3.05, 3.63) is 78.9 Å². The van der Waals surface area contributed by atoms with Crippen LogP contribution in [0, 0.1) is 0 Å². The molecule has 0 amide bonds. The van der Waals surface area contributed by atoms with Gasteiger partial charge in [-0.1, -0.05) is 72.4 Å². The maximum absolute atomic E-state index is 4.57. The topological polar surface area (TPSA) is 12.9 Å². The van der Waals surface area contributed by atoms with Crippen molar-refractivity contribution in [3.8, 4) is 10.4 Å². The molecular weight excluding hydrogens is 306 g/mol. The van der Waals surface area contributed by atoms with Crippen LogP contribution < -0.4 is 0 Å². The van der Waals surface area contributed by atoms with Crippen LogP contribution in [-0.4, -0.2) is 4.37 Å². The second-order valence-corrected chi connectivity index (χ2v) is 6.91. The monoisotopic (exact) mass is 319 g/mol. The van der Waals surface area contributed by atoms with Gasteiger partial charge in [-0.05, 0) is 46.1 Å². The molecule has 0 N–H and O–H groups in total. The van der Waals surface area contributed by atoms with Crippen LogP contribution >= 0.6 is 23.3 Å². The first kappa shape index (κ1) is 13.6. The van der Waals surface area contributed by atoms with Crippen molar-refractivity contribution in [1.82, 2.24) is 4.37 Å². The van der Waals surface area contributed by atoms with Crippen LogP contribution in [0.3, 0.4) is 0 Å². The van der Waals surface area contributed by atoms with Crippen molar-refractivity contribution in [3.63, 3.8) is 0 Å².